The van der Waals surface area contributed by atoms with Gasteiger partial charge < -0.3 is 10.4 Å². The predicted octanol–water partition coefficient (Wildman–Crippen LogP) is 1.79. The Morgan fingerprint density at radius 1 is 1.20 bits per heavy atom. The van der Waals surface area contributed by atoms with Crippen molar-refractivity contribution >= 4 is 11.9 Å². The molecule has 0 saturated heterocycles. The molecule has 0 aliphatic rings. The molecule has 0 aromatic carbocycles. The van der Waals surface area contributed by atoms with E-state index in [4.69, 9.17) is 5.11 Å². The van der Waals surface area contributed by atoms with Crippen LogP contribution >= 0.6 is 0 Å². The third-order valence-corrected chi connectivity index (χ3v) is 1.98. The molecule has 0 radical (unpaired) electrons. The molecule has 0 aliphatic carbocycles. The fourth-order valence-corrected chi connectivity index (χ4v) is 1.25. The third kappa shape index (κ3) is 10.9. The lowest BCUT2D eigenvalue weighted by atomic mass is 10.1. The van der Waals surface area contributed by atoms with Gasteiger partial charge in [0.15, 0.2) is 0 Å². The smallest absolute Gasteiger partial charge is 0.303 e. The summed E-state index contributed by atoms with van der Waals surface area (Å²) in [4.78, 5) is 21.4. The van der Waals surface area contributed by atoms with Crippen molar-refractivity contribution in [2.45, 2.75) is 46.0 Å². The second kappa shape index (κ2) is 8.26. The van der Waals surface area contributed by atoms with Gasteiger partial charge in [0.25, 0.3) is 0 Å². The van der Waals surface area contributed by atoms with Gasteiger partial charge in [0.1, 0.15) is 0 Å². The van der Waals surface area contributed by atoms with Crippen molar-refractivity contribution < 1.29 is 14.7 Å². The molecule has 88 valence electrons. The molecule has 1 amide bonds. The molecule has 0 heterocycles. The summed E-state index contributed by atoms with van der Waals surface area (Å²) in [6.07, 6.45) is 3.19. The highest BCUT2D eigenvalue weighted by Gasteiger charge is 2.03. The van der Waals surface area contributed by atoms with E-state index in [1.165, 1.54) is 0 Å². The first kappa shape index (κ1) is 13.9. The van der Waals surface area contributed by atoms with Gasteiger partial charge in [0, 0.05) is 19.4 Å². The number of rotatable bonds is 8. The van der Waals surface area contributed by atoms with Gasteiger partial charge >= 0.3 is 5.97 Å². The quantitative estimate of drug-likeness (QED) is 0.607. The molecular weight excluding hydrogens is 194 g/mol. The average Bonchev–Trinajstić information content (AvgIpc) is 2.09. The summed E-state index contributed by atoms with van der Waals surface area (Å²) >= 11 is 0. The summed E-state index contributed by atoms with van der Waals surface area (Å²) in [5.41, 5.74) is 0. The van der Waals surface area contributed by atoms with Gasteiger partial charge in [0.05, 0.1) is 0 Å². The van der Waals surface area contributed by atoms with Crippen LogP contribution in [0.3, 0.4) is 0 Å². The fraction of sp³-hybridized carbons (Fsp3) is 0.818. The van der Waals surface area contributed by atoms with Gasteiger partial charge in [-0.2, -0.15) is 0 Å². The summed E-state index contributed by atoms with van der Waals surface area (Å²) in [6, 6.07) is 0. The fourth-order valence-electron chi connectivity index (χ4n) is 1.25. The summed E-state index contributed by atoms with van der Waals surface area (Å²) < 4.78 is 0. The molecule has 0 aliphatic heterocycles. The first-order valence-corrected chi connectivity index (χ1v) is 5.51. The zero-order valence-electron chi connectivity index (χ0n) is 9.58. The van der Waals surface area contributed by atoms with Crippen molar-refractivity contribution in [1.82, 2.24) is 5.32 Å². The number of carbonyl (C=O) groups is 2. The molecule has 4 nitrogen and oxygen atoms in total. The zero-order valence-corrected chi connectivity index (χ0v) is 9.58. The molecule has 0 bridgehead atoms. The second-order valence-electron chi connectivity index (χ2n) is 4.15. The number of nitrogens with one attached hydrogen (secondary N) is 1. The van der Waals surface area contributed by atoms with Gasteiger partial charge in [-0.1, -0.05) is 20.3 Å². The van der Waals surface area contributed by atoms with Crippen molar-refractivity contribution in [2.24, 2.45) is 5.92 Å². The predicted molar refractivity (Wildman–Crippen MR) is 58.6 cm³/mol. The minimum Gasteiger partial charge on any atom is -0.481 e. The van der Waals surface area contributed by atoms with E-state index in [1.54, 1.807) is 0 Å². The molecule has 2 N–H and O–H groups in total. The van der Waals surface area contributed by atoms with Gasteiger partial charge in [0.2, 0.25) is 5.91 Å². The van der Waals surface area contributed by atoms with Crippen LogP contribution in [-0.4, -0.2) is 23.5 Å². The molecule has 0 aromatic rings. The third-order valence-electron chi connectivity index (χ3n) is 1.98. The van der Waals surface area contributed by atoms with Crippen molar-refractivity contribution in [2.75, 3.05) is 6.54 Å². The second-order valence-corrected chi connectivity index (χ2v) is 4.15. The molecule has 0 spiro atoms. The molecule has 0 fully saturated rings. The normalized spacial score (nSPS) is 10.3. The summed E-state index contributed by atoms with van der Waals surface area (Å²) in [5, 5.41) is 11.2. The largest absolute Gasteiger partial charge is 0.481 e. The van der Waals surface area contributed by atoms with Crippen LogP contribution in [0, 0.1) is 5.92 Å². The topological polar surface area (TPSA) is 66.4 Å². The number of hydrogen-bond donors (Lipinski definition) is 2. The Labute approximate surface area is 91.1 Å². The lowest BCUT2D eigenvalue weighted by molar-refractivity contribution is -0.137. The van der Waals surface area contributed by atoms with E-state index in [2.05, 4.69) is 5.32 Å². The number of hydrogen-bond acceptors (Lipinski definition) is 2. The van der Waals surface area contributed by atoms with Crippen LogP contribution in [-0.2, 0) is 9.59 Å². The Balaban J connectivity index is 3.24. The van der Waals surface area contributed by atoms with E-state index in [9.17, 15) is 9.59 Å². The van der Waals surface area contributed by atoms with Crippen molar-refractivity contribution in [3.63, 3.8) is 0 Å². The number of carboxylic acids is 1. The standard InChI is InChI=1S/C11H21NO3/c1-9(2)8-10(13)12-7-5-3-4-6-11(14)15/h9H,3-8H2,1-2H3,(H,12,13)(H,14,15). The minimum absolute atomic E-state index is 0.0863. The number of carbonyl (C=O) groups excluding carboxylic acids is 1. The van der Waals surface area contributed by atoms with Crippen molar-refractivity contribution in [3.8, 4) is 0 Å². The van der Waals surface area contributed by atoms with Gasteiger partial charge in [-0.3, -0.25) is 9.59 Å². The van der Waals surface area contributed by atoms with Crippen LogP contribution in [0.2, 0.25) is 0 Å². The number of amides is 1. The average molecular weight is 215 g/mol. The highest BCUT2D eigenvalue weighted by Crippen LogP contribution is 2.00. The van der Waals surface area contributed by atoms with E-state index in [0.29, 0.717) is 25.3 Å². The maximum Gasteiger partial charge on any atom is 0.303 e. The Bertz CT molecular complexity index is 202. The Morgan fingerprint density at radius 3 is 2.40 bits per heavy atom. The van der Waals surface area contributed by atoms with Crippen LogP contribution in [0.25, 0.3) is 0 Å². The SMILES string of the molecule is CC(C)CC(=O)NCCCCCC(=O)O. The lowest BCUT2D eigenvalue weighted by Crippen LogP contribution is -2.25. The Kier molecular flexibility index (Phi) is 7.68. The number of unbranched alkanes of at least 4 members (excludes halogenated alkanes) is 2. The summed E-state index contributed by atoms with van der Waals surface area (Å²) in [6.45, 7) is 4.67. The van der Waals surface area contributed by atoms with Crippen LogP contribution < -0.4 is 5.32 Å². The minimum atomic E-state index is -0.751. The first-order chi connectivity index (χ1) is 7.02. The summed E-state index contributed by atoms with van der Waals surface area (Å²) in [5.74, 6) is -0.279. The van der Waals surface area contributed by atoms with Crippen molar-refractivity contribution in [1.29, 1.82) is 0 Å². The van der Waals surface area contributed by atoms with E-state index in [1.807, 2.05) is 13.8 Å². The summed E-state index contributed by atoms with van der Waals surface area (Å²) in [7, 11) is 0. The molecule has 15 heavy (non-hydrogen) atoms. The Hall–Kier alpha value is -1.06. The van der Waals surface area contributed by atoms with Crippen LogP contribution in [0.15, 0.2) is 0 Å². The first-order valence-electron chi connectivity index (χ1n) is 5.51. The van der Waals surface area contributed by atoms with E-state index in [-0.39, 0.29) is 12.3 Å². The van der Waals surface area contributed by atoms with E-state index < -0.39 is 5.97 Å². The molecular formula is C11H21NO3. The maximum atomic E-state index is 11.2. The molecule has 0 saturated carbocycles. The van der Waals surface area contributed by atoms with Gasteiger partial charge in [-0.05, 0) is 18.8 Å². The van der Waals surface area contributed by atoms with Crippen molar-refractivity contribution in [3.05, 3.63) is 0 Å². The maximum absolute atomic E-state index is 11.2. The monoisotopic (exact) mass is 215 g/mol. The highest BCUT2D eigenvalue weighted by molar-refractivity contribution is 5.75. The molecule has 4 heteroatoms. The van der Waals surface area contributed by atoms with Gasteiger partial charge in [-0.25, -0.2) is 0 Å². The molecule has 0 atom stereocenters. The number of carboxylic acid groups (broad SMARTS) is 1. The van der Waals surface area contributed by atoms with E-state index >= 15 is 0 Å². The lowest BCUT2D eigenvalue weighted by Gasteiger charge is -2.06. The zero-order chi connectivity index (χ0) is 11.7. The van der Waals surface area contributed by atoms with E-state index in [0.717, 1.165) is 12.8 Å². The molecule has 0 unspecified atom stereocenters. The Morgan fingerprint density at radius 2 is 1.87 bits per heavy atom. The molecule has 0 rings (SSSR count). The highest BCUT2D eigenvalue weighted by atomic mass is 16.4. The van der Waals surface area contributed by atoms with Crippen LogP contribution in [0.4, 0.5) is 0 Å². The van der Waals surface area contributed by atoms with Gasteiger partial charge in [-0.15, -0.1) is 0 Å². The van der Waals surface area contributed by atoms with Crippen LogP contribution in [0.5, 0.6) is 0 Å². The molecule has 0 aromatic heterocycles. The van der Waals surface area contributed by atoms with Crippen LogP contribution in [0.1, 0.15) is 46.0 Å². The number of aliphatic carboxylic acids is 1.